The number of aryl methyl sites for hydroxylation is 1. The summed E-state index contributed by atoms with van der Waals surface area (Å²) in [7, 11) is 0. The molecule has 0 amide bonds. The largest absolute Gasteiger partial charge is 0.322 e. The third-order valence-corrected chi connectivity index (χ3v) is 6.82. The number of tetrazole rings is 1. The van der Waals surface area contributed by atoms with Gasteiger partial charge in [0.15, 0.2) is 5.82 Å². The first kappa shape index (κ1) is 21.7. The molecule has 0 radical (unpaired) electrons. The zero-order valence-electron chi connectivity index (χ0n) is 19.2. The highest BCUT2D eigenvalue weighted by molar-refractivity contribution is 5.80. The number of fused-ring (bicyclic) bond motifs is 1. The number of likely N-dealkylation sites (tertiary alicyclic amines) is 1. The number of aromatic amines is 1. The van der Waals surface area contributed by atoms with Gasteiger partial charge in [-0.25, -0.2) is 4.68 Å². The normalized spacial score (nSPS) is 17.0. The van der Waals surface area contributed by atoms with E-state index >= 15 is 0 Å². The summed E-state index contributed by atoms with van der Waals surface area (Å²) in [5, 5.41) is 13.9. The molecular formula is C24H34N6O. The minimum absolute atomic E-state index is 0.0603. The summed E-state index contributed by atoms with van der Waals surface area (Å²) < 4.78 is 1.93. The van der Waals surface area contributed by atoms with Crippen molar-refractivity contribution >= 4 is 10.9 Å². The molecule has 3 heterocycles. The fourth-order valence-corrected chi connectivity index (χ4v) is 4.49. The second kappa shape index (κ2) is 8.91. The van der Waals surface area contributed by atoms with E-state index < -0.39 is 0 Å². The van der Waals surface area contributed by atoms with Crippen LogP contribution in [0.2, 0.25) is 0 Å². The molecule has 1 unspecified atom stereocenters. The van der Waals surface area contributed by atoms with Gasteiger partial charge in [0.25, 0.3) is 5.56 Å². The first-order chi connectivity index (χ1) is 14.9. The molecule has 1 N–H and O–H groups in total. The van der Waals surface area contributed by atoms with Crippen LogP contribution < -0.4 is 5.56 Å². The number of hydrogen-bond donors (Lipinski definition) is 1. The van der Waals surface area contributed by atoms with Crippen molar-refractivity contribution in [3.63, 3.8) is 0 Å². The van der Waals surface area contributed by atoms with Gasteiger partial charge in [0, 0.05) is 11.1 Å². The summed E-state index contributed by atoms with van der Waals surface area (Å²) in [6.45, 7) is 10.5. The number of benzene rings is 1. The quantitative estimate of drug-likeness (QED) is 0.644. The summed E-state index contributed by atoms with van der Waals surface area (Å²) in [4.78, 5) is 18.8. The van der Waals surface area contributed by atoms with Gasteiger partial charge in [0.2, 0.25) is 0 Å². The van der Waals surface area contributed by atoms with Gasteiger partial charge in [-0.2, -0.15) is 0 Å². The van der Waals surface area contributed by atoms with Crippen molar-refractivity contribution in [3.8, 4) is 0 Å². The predicted molar refractivity (Wildman–Crippen MR) is 123 cm³/mol. The molecule has 7 nitrogen and oxygen atoms in total. The Balaban J connectivity index is 1.91. The van der Waals surface area contributed by atoms with Crippen molar-refractivity contribution in [2.45, 2.75) is 77.8 Å². The summed E-state index contributed by atoms with van der Waals surface area (Å²) in [5.74, 6) is 0.755. The molecular weight excluding hydrogens is 388 g/mol. The van der Waals surface area contributed by atoms with E-state index in [1.54, 1.807) is 0 Å². The maximum absolute atomic E-state index is 13.3. The molecule has 2 aromatic heterocycles. The fraction of sp³-hybridized carbons (Fsp3) is 0.583. The molecule has 0 bridgehead atoms. The Kier molecular flexibility index (Phi) is 6.23. The van der Waals surface area contributed by atoms with Crippen molar-refractivity contribution in [3.05, 3.63) is 51.6 Å². The Morgan fingerprint density at radius 2 is 1.84 bits per heavy atom. The molecule has 166 valence electrons. The number of pyridine rings is 1. The number of nitrogens with one attached hydrogen (secondary N) is 1. The third kappa shape index (κ3) is 4.28. The van der Waals surface area contributed by atoms with Crippen LogP contribution in [-0.4, -0.2) is 43.2 Å². The molecule has 1 aliphatic heterocycles. The van der Waals surface area contributed by atoms with Crippen LogP contribution in [-0.2, 0) is 12.0 Å². The van der Waals surface area contributed by atoms with Crippen LogP contribution in [0.15, 0.2) is 29.1 Å². The van der Waals surface area contributed by atoms with Crippen LogP contribution in [0.4, 0.5) is 0 Å². The Hall–Kier alpha value is -2.54. The Labute approximate surface area is 183 Å². The van der Waals surface area contributed by atoms with E-state index in [0.717, 1.165) is 61.1 Å². The fourth-order valence-electron chi connectivity index (χ4n) is 4.49. The minimum atomic E-state index is -0.266. The van der Waals surface area contributed by atoms with Crippen LogP contribution in [0.3, 0.4) is 0 Å². The molecule has 1 aromatic carbocycles. The van der Waals surface area contributed by atoms with Crippen LogP contribution in [0, 0.1) is 0 Å². The zero-order valence-corrected chi connectivity index (χ0v) is 19.2. The highest BCUT2D eigenvalue weighted by Gasteiger charge is 2.34. The van der Waals surface area contributed by atoms with Crippen molar-refractivity contribution in [2.24, 2.45) is 0 Å². The second-order valence-electron chi connectivity index (χ2n) is 9.30. The van der Waals surface area contributed by atoms with Gasteiger partial charge in [0.1, 0.15) is 6.04 Å². The summed E-state index contributed by atoms with van der Waals surface area (Å²) in [5.41, 5.74) is 2.56. The van der Waals surface area contributed by atoms with E-state index in [0.29, 0.717) is 0 Å². The molecule has 4 rings (SSSR count). The molecule has 3 aromatic rings. The van der Waals surface area contributed by atoms with Crippen LogP contribution in [0.1, 0.15) is 82.8 Å². The van der Waals surface area contributed by atoms with E-state index in [-0.39, 0.29) is 17.1 Å². The number of nitrogens with zero attached hydrogens (tertiary/aromatic N) is 5. The highest BCUT2D eigenvalue weighted by atomic mass is 16.1. The summed E-state index contributed by atoms with van der Waals surface area (Å²) >= 11 is 0. The maximum Gasteiger partial charge on any atom is 0.253 e. The molecule has 1 aliphatic rings. The zero-order chi connectivity index (χ0) is 22.0. The average molecular weight is 423 g/mol. The van der Waals surface area contributed by atoms with Crippen molar-refractivity contribution < 1.29 is 0 Å². The van der Waals surface area contributed by atoms with Crippen LogP contribution in [0.5, 0.6) is 0 Å². The lowest BCUT2D eigenvalue weighted by molar-refractivity contribution is 0.202. The Morgan fingerprint density at radius 1 is 1.10 bits per heavy atom. The van der Waals surface area contributed by atoms with E-state index in [9.17, 15) is 4.79 Å². The first-order valence-corrected chi connectivity index (χ1v) is 11.6. The highest BCUT2D eigenvalue weighted by Crippen LogP contribution is 2.32. The molecule has 7 heteroatoms. The first-order valence-electron chi connectivity index (χ1n) is 11.6. The summed E-state index contributed by atoms with van der Waals surface area (Å²) in [6.07, 6.45) is 6.56. The molecule has 0 saturated carbocycles. The predicted octanol–water partition coefficient (Wildman–Crippen LogP) is 4.19. The van der Waals surface area contributed by atoms with Gasteiger partial charge >= 0.3 is 0 Å². The monoisotopic (exact) mass is 422 g/mol. The molecule has 31 heavy (non-hydrogen) atoms. The number of hydrogen-bond acceptors (Lipinski definition) is 5. The lowest BCUT2D eigenvalue weighted by atomic mass is 9.98. The van der Waals surface area contributed by atoms with E-state index in [2.05, 4.69) is 71.3 Å². The van der Waals surface area contributed by atoms with Gasteiger partial charge in [0.05, 0.1) is 5.54 Å². The van der Waals surface area contributed by atoms with Gasteiger partial charge in [-0.1, -0.05) is 32.8 Å². The number of rotatable bonds is 6. The number of H-pyrrole nitrogens is 1. The minimum Gasteiger partial charge on any atom is -0.322 e. The molecule has 0 spiro atoms. The van der Waals surface area contributed by atoms with Crippen LogP contribution in [0.25, 0.3) is 10.9 Å². The Morgan fingerprint density at radius 3 is 2.52 bits per heavy atom. The SMILES string of the molecule is CCc1ccc2[nH]c(=O)c(C(c3nnnn3C(C)(C)CC)N3CCCCCC3)cc2c1. The van der Waals surface area contributed by atoms with Gasteiger partial charge in [-0.3, -0.25) is 9.69 Å². The van der Waals surface area contributed by atoms with Gasteiger partial charge in [-0.05, 0) is 92.2 Å². The van der Waals surface area contributed by atoms with E-state index in [1.807, 2.05) is 10.7 Å². The van der Waals surface area contributed by atoms with E-state index in [4.69, 9.17) is 0 Å². The lowest BCUT2D eigenvalue weighted by Crippen LogP contribution is -2.38. The molecule has 1 fully saturated rings. The molecule has 0 aliphatic carbocycles. The smallest absolute Gasteiger partial charge is 0.253 e. The van der Waals surface area contributed by atoms with Crippen LogP contribution >= 0.6 is 0 Å². The van der Waals surface area contributed by atoms with E-state index in [1.165, 1.54) is 18.4 Å². The maximum atomic E-state index is 13.3. The van der Waals surface area contributed by atoms with Crippen molar-refractivity contribution in [1.29, 1.82) is 0 Å². The second-order valence-corrected chi connectivity index (χ2v) is 9.30. The molecule has 1 saturated heterocycles. The standard InChI is InChI=1S/C24H34N6O/c1-5-17-11-12-20-18(15-17)16-19(23(31)25-20)21(29-13-9-7-8-10-14-29)22-26-27-28-30(22)24(3,4)6-2/h11-12,15-16,21H,5-10,13-14H2,1-4H3,(H,25,31). The topological polar surface area (TPSA) is 79.7 Å². The molecule has 1 atom stereocenters. The number of aromatic nitrogens is 5. The Bertz CT molecular complexity index is 1090. The van der Waals surface area contributed by atoms with Crippen molar-refractivity contribution in [1.82, 2.24) is 30.1 Å². The third-order valence-electron chi connectivity index (χ3n) is 6.82. The lowest BCUT2D eigenvalue weighted by Gasteiger charge is -2.32. The average Bonchev–Trinajstić information content (AvgIpc) is 3.11. The van der Waals surface area contributed by atoms with Gasteiger partial charge in [-0.15, -0.1) is 5.10 Å². The van der Waals surface area contributed by atoms with Gasteiger partial charge < -0.3 is 4.98 Å². The van der Waals surface area contributed by atoms with Crippen molar-refractivity contribution in [2.75, 3.05) is 13.1 Å². The summed E-state index contributed by atoms with van der Waals surface area (Å²) in [6, 6.07) is 8.05.